The van der Waals surface area contributed by atoms with E-state index in [2.05, 4.69) is 41.0 Å². The van der Waals surface area contributed by atoms with Crippen molar-refractivity contribution in [1.29, 1.82) is 0 Å². The molecular weight excluding hydrogens is 260 g/mol. The third kappa shape index (κ3) is 3.85. The Morgan fingerprint density at radius 3 is 2.62 bits per heavy atom. The fourth-order valence-corrected chi connectivity index (χ4v) is 3.68. The number of nitrogens with zero attached hydrogens (tertiary/aromatic N) is 2. The normalized spacial score (nSPS) is 24.0. The second-order valence-electron chi connectivity index (χ2n) is 6.24. The maximum absolute atomic E-state index is 5.46. The number of piperazine rings is 1. The molecule has 1 saturated heterocycles. The van der Waals surface area contributed by atoms with Gasteiger partial charge in [0.2, 0.25) is 0 Å². The molecule has 0 aromatic heterocycles. The lowest BCUT2D eigenvalue weighted by molar-refractivity contribution is 0.0612. The number of benzene rings is 1. The minimum atomic E-state index is 0.758. The average molecular weight is 288 g/mol. The molecule has 3 heteroatoms. The van der Waals surface area contributed by atoms with E-state index in [0.717, 1.165) is 25.8 Å². The van der Waals surface area contributed by atoms with Gasteiger partial charge in [-0.2, -0.15) is 0 Å². The second kappa shape index (κ2) is 7.39. The zero-order valence-corrected chi connectivity index (χ0v) is 13.3. The molecule has 1 aromatic carbocycles. The molecule has 0 saturated carbocycles. The molecule has 116 valence electrons. The highest BCUT2D eigenvalue weighted by atomic mass is 16.5. The fraction of sp³-hybridized carbons (Fsp3) is 0.667. The first-order valence-corrected chi connectivity index (χ1v) is 8.47. The van der Waals surface area contributed by atoms with Gasteiger partial charge < -0.3 is 4.74 Å². The number of hydrogen-bond acceptors (Lipinski definition) is 3. The highest BCUT2D eigenvalue weighted by Crippen LogP contribution is 2.25. The Bertz CT molecular complexity index is 441. The molecule has 1 atom stereocenters. The Morgan fingerprint density at radius 2 is 1.86 bits per heavy atom. The van der Waals surface area contributed by atoms with E-state index in [0.29, 0.717) is 0 Å². The highest BCUT2D eigenvalue weighted by molar-refractivity contribution is 5.30. The Balaban J connectivity index is 1.47. The van der Waals surface area contributed by atoms with Gasteiger partial charge >= 0.3 is 0 Å². The van der Waals surface area contributed by atoms with Crippen LogP contribution in [0.3, 0.4) is 0 Å². The molecule has 0 N–H and O–H groups in total. The third-order valence-corrected chi connectivity index (χ3v) is 5.00. The van der Waals surface area contributed by atoms with Gasteiger partial charge in [0.15, 0.2) is 0 Å². The van der Waals surface area contributed by atoms with E-state index in [1.165, 1.54) is 45.4 Å². The minimum Gasteiger partial charge on any atom is -0.380 e. The number of fused-ring (bicyclic) bond motifs is 1. The number of hydrogen-bond donors (Lipinski definition) is 0. The summed E-state index contributed by atoms with van der Waals surface area (Å²) in [5, 5.41) is 0. The van der Waals surface area contributed by atoms with E-state index in [1.54, 1.807) is 11.1 Å². The van der Waals surface area contributed by atoms with Crippen LogP contribution in [-0.2, 0) is 17.6 Å². The molecule has 1 unspecified atom stereocenters. The molecule has 3 rings (SSSR count). The summed E-state index contributed by atoms with van der Waals surface area (Å²) in [5.41, 5.74) is 3.15. The van der Waals surface area contributed by atoms with Crippen LogP contribution >= 0.6 is 0 Å². The van der Waals surface area contributed by atoms with E-state index < -0.39 is 0 Å². The molecule has 1 aliphatic carbocycles. The van der Waals surface area contributed by atoms with Crippen LogP contribution in [0.2, 0.25) is 0 Å². The van der Waals surface area contributed by atoms with E-state index in [4.69, 9.17) is 4.74 Å². The zero-order chi connectivity index (χ0) is 14.5. The highest BCUT2D eigenvalue weighted by Gasteiger charge is 2.26. The molecule has 1 aromatic rings. The van der Waals surface area contributed by atoms with E-state index in [1.807, 2.05) is 0 Å². The SMILES string of the molecule is CCOCCN1CCN(C2CCc3ccccc3C2)CC1. The fourth-order valence-electron chi connectivity index (χ4n) is 3.68. The second-order valence-corrected chi connectivity index (χ2v) is 6.24. The van der Waals surface area contributed by atoms with Crippen molar-refractivity contribution in [3.05, 3.63) is 35.4 Å². The van der Waals surface area contributed by atoms with Gasteiger partial charge in [-0.25, -0.2) is 0 Å². The van der Waals surface area contributed by atoms with Gasteiger partial charge in [0, 0.05) is 45.4 Å². The maximum atomic E-state index is 5.46. The summed E-state index contributed by atoms with van der Waals surface area (Å²) in [6.45, 7) is 9.72. The van der Waals surface area contributed by atoms with Crippen LogP contribution in [0.25, 0.3) is 0 Å². The summed E-state index contributed by atoms with van der Waals surface area (Å²) in [6, 6.07) is 9.74. The molecule has 0 spiro atoms. The average Bonchev–Trinajstić information content (AvgIpc) is 2.55. The van der Waals surface area contributed by atoms with E-state index >= 15 is 0 Å². The smallest absolute Gasteiger partial charge is 0.0593 e. The summed E-state index contributed by atoms with van der Waals surface area (Å²) in [7, 11) is 0. The Morgan fingerprint density at radius 1 is 1.10 bits per heavy atom. The van der Waals surface area contributed by atoms with Crippen LogP contribution in [0.5, 0.6) is 0 Å². The van der Waals surface area contributed by atoms with Gasteiger partial charge in [-0.3, -0.25) is 9.80 Å². The van der Waals surface area contributed by atoms with Gasteiger partial charge in [-0.1, -0.05) is 24.3 Å². The van der Waals surface area contributed by atoms with E-state index in [-0.39, 0.29) is 0 Å². The molecule has 1 aliphatic heterocycles. The molecule has 2 aliphatic rings. The van der Waals surface area contributed by atoms with Crippen molar-refractivity contribution in [3.63, 3.8) is 0 Å². The molecule has 3 nitrogen and oxygen atoms in total. The van der Waals surface area contributed by atoms with Gasteiger partial charge in [0.25, 0.3) is 0 Å². The molecule has 0 radical (unpaired) electrons. The molecule has 21 heavy (non-hydrogen) atoms. The van der Waals surface area contributed by atoms with Gasteiger partial charge in [0.1, 0.15) is 0 Å². The Kier molecular flexibility index (Phi) is 5.28. The largest absolute Gasteiger partial charge is 0.380 e. The van der Waals surface area contributed by atoms with E-state index in [9.17, 15) is 0 Å². The zero-order valence-electron chi connectivity index (χ0n) is 13.3. The quantitative estimate of drug-likeness (QED) is 0.773. The lowest BCUT2D eigenvalue weighted by Crippen LogP contribution is -2.52. The first-order chi connectivity index (χ1) is 10.4. The Labute approximate surface area is 128 Å². The van der Waals surface area contributed by atoms with Crippen LogP contribution < -0.4 is 0 Å². The van der Waals surface area contributed by atoms with Crippen LogP contribution in [0.15, 0.2) is 24.3 Å². The first kappa shape index (κ1) is 15.0. The van der Waals surface area contributed by atoms with Crippen molar-refractivity contribution in [2.75, 3.05) is 45.9 Å². The molecular formula is C18H28N2O. The lowest BCUT2D eigenvalue weighted by atomic mass is 9.87. The maximum Gasteiger partial charge on any atom is 0.0593 e. The summed E-state index contributed by atoms with van der Waals surface area (Å²) in [4.78, 5) is 5.26. The van der Waals surface area contributed by atoms with Gasteiger partial charge in [-0.05, 0) is 37.3 Å². The predicted octanol–water partition coefficient (Wildman–Crippen LogP) is 2.20. The monoisotopic (exact) mass is 288 g/mol. The summed E-state index contributed by atoms with van der Waals surface area (Å²) in [6.07, 6.45) is 3.83. The van der Waals surface area contributed by atoms with Crippen LogP contribution in [0.4, 0.5) is 0 Å². The van der Waals surface area contributed by atoms with Crippen molar-refractivity contribution >= 4 is 0 Å². The first-order valence-electron chi connectivity index (χ1n) is 8.47. The topological polar surface area (TPSA) is 15.7 Å². The minimum absolute atomic E-state index is 0.758. The van der Waals surface area contributed by atoms with Gasteiger partial charge in [-0.15, -0.1) is 0 Å². The molecule has 0 amide bonds. The predicted molar refractivity (Wildman–Crippen MR) is 86.8 cm³/mol. The van der Waals surface area contributed by atoms with Crippen LogP contribution in [0.1, 0.15) is 24.5 Å². The van der Waals surface area contributed by atoms with Crippen molar-refractivity contribution in [2.45, 2.75) is 32.2 Å². The summed E-state index contributed by atoms with van der Waals surface area (Å²) >= 11 is 0. The van der Waals surface area contributed by atoms with Crippen LogP contribution in [-0.4, -0.2) is 61.8 Å². The lowest BCUT2D eigenvalue weighted by Gasteiger charge is -2.41. The molecule has 1 heterocycles. The number of ether oxygens (including phenoxy) is 1. The van der Waals surface area contributed by atoms with Crippen molar-refractivity contribution in [3.8, 4) is 0 Å². The summed E-state index contributed by atoms with van der Waals surface area (Å²) < 4.78 is 5.46. The molecule has 0 bridgehead atoms. The van der Waals surface area contributed by atoms with Crippen LogP contribution in [0, 0.1) is 0 Å². The van der Waals surface area contributed by atoms with Crippen molar-refractivity contribution in [1.82, 2.24) is 9.80 Å². The molecule has 1 fully saturated rings. The standard InChI is InChI=1S/C18H28N2O/c1-2-21-14-13-19-9-11-20(12-10-19)18-8-7-16-5-3-4-6-17(16)15-18/h3-6,18H,2,7-15H2,1H3. The summed E-state index contributed by atoms with van der Waals surface area (Å²) in [5.74, 6) is 0. The van der Waals surface area contributed by atoms with Gasteiger partial charge in [0.05, 0.1) is 6.61 Å². The van der Waals surface area contributed by atoms with Crippen molar-refractivity contribution < 1.29 is 4.74 Å². The Hall–Kier alpha value is -0.900. The third-order valence-electron chi connectivity index (χ3n) is 5.00. The van der Waals surface area contributed by atoms with Crippen molar-refractivity contribution in [2.24, 2.45) is 0 Å². The number of rotatable bonds is 5. The number of aryl methyl sites for hydroxylation is 1.